The smallest absolute Gasteiger partial charge is 0.0900 e. The summed E-state index contributed by atoms with van der Waals surface area (Å²) < 4.78 is 0. The molecule has 1 aromatic rings. The fourth-order valence-electron chi connectivity index (χ4n) is 2.54. The van der Waals surface area contributed by atoms with Crippen molar-refractivity contribution in [1.82, 2.24) is 15.2 Å². The van der Waals surface area contributed by atoms with E-state index in [1.165, 1.54) is 60.9 Å². The van der Waals surface area contributed by atoms with E-state index >= 15 is 0 Å². The molecule has 0 spiro atoms. The molecule has 0 unspecified atom stereocenters. The molecule has 0 aromatic carbocycles. The summed E-state index contributed by atoms with van der Waals surface area (Å²) in [7, 11) is 0. The number of likely N-dealkylation sites (tertiary alicyclic amines) is 1. The third-order valence-electron chi connectivity index (χ3n) is 3.59. The predicted molar refractivity (Wildman–Crippen MR) is 78.2 cm³/mol. The fourth-order valence-corrected chi connectivity index (χ4v) is 3.44. The van der Waals surface area contributed by atoms with Crippen LogP contribution in [0.5, 0.6) is 0 Å². The molecule has 1 N–H and O–H groups in total. The van der Waals surface area contributed by atoms with Gasteiger partial charge < -0.3 is 10.2 Å². The molecule has 2 rings (SSSR count). The molecule has 1 aliphatic rings. The molecule has 0 amide bonds. The summed E-state index contributed by atoms with van der Waals surface area (Å²) in [5.41, 5.74) is 1.19. The highest BCUT2D eigenvalue weighted by atomic mass is 32.1. The maximum absolute atomic E-state index is 4.46. The molecule has 0 saturated carbocycles. The molecular formula is C14H25N3S. The number of aromatic nitrogens is 1. The van der Waals surface area contributed by atoms with Crippen molar-refractivity contribution in [2.75, 3.05) is 26.2 Å². The van der Waals surface area contributed by atoms with Crippen LogP contribution < -0.4 is 5.32 Å². The van der Waals surface area contributed by atoms with E-state index in [1.807, 2.05) is 11.3 Å². The molecule has 102 valence electrons. The van der Waals surface area contributed by atoms with Gasteiger partial charge in [-0.1, -0.05) is 12.8 Å². The highest BCUT2D eigenvalue weighted by Gasteiger charge is 2.08. The average Bonchev–Trinajstić information content (AvgIpc) is 2.57. The van der Waals surface area contributed by atoms with Gasteiger partial charge in [-0.05, 0) is 39.8 Å². The first-order chi connectivity index (χ1) is 8.75. The van der Waals surface area contributed by atoms with Crippen molar-refractivity contribution in [2.24, 2.45) is 0 Å². The first-order valence-corrected chi connectivity index (χ1v) is 7.93. The van der Waals surface area contributed by atoms with E-state index in [9.17, 15) is 0 Å². The average molecular weight is 267 g/mol. The number of hydrogen-bond acceptors (Lipinski definition) is 4. The molecule has 1 saturated heterocycles. The minimum Gasteiger partial charge on any atom is -0.311 e. The van der Waals surface area contributed by atoms with Gasteiger partial charge >= 0.3 is 0 Å². The number of hydrogen-bond donors (Lipinski definition) is 1. The van der Waals surface area contributed by atoms with Crippen LogP contribution in [0.3, 0.4) is 0 Å². The summed E-state index contributed by atoms with van der Waals surface area (Å²) in [6.45, 7) is 10.0. The Kier molecular flexibility index (Phi) is 5.60. The van der Waals surface area contributed by atoms with E-state index in [-0.39, 0.29) is 0 Å². The van der Waals surface area contributed by atoms with Gasteiger partial charge in [0, 0.05) is 24.5 Å². The molecule has 4 heteroatoms. The lowest BCUT2D eigenvalue weighted by atomic mass is 10.2. The summed E-state index contributed by atoms with van der Waals surface area (Å²) in [4.78, 5) is 8.45. The Morgan fingerprint density at radius 1 is 1.17 bits per heavy atom. The van der Waals surface area contributed by atoms with E-state index < -0.39 is 0 Å². The van der Waals surface area contributed by atoms with Crippen LogP contribution in [0.15, 0.2) is 0 Å². The van der Waals surface area contributed by atoms with E-state index in [0.717, 1.165) is 13.1 Å². The van der Waals surface area contributed by atoms with Gasteiger partial charge in [-0.25, -0.2) is 4.98 Å². The maximum Gasteiger partial charge on any atom is 0.0900 e. The topological polar surface area (TPSA) is 28.2 Å². The lowest BCUT2D eigenvalue weighted by Crippen LogP contribution is -2.32. The molecule has 18 heavy (non-hydrogen) atoms. The molecule has 3 nitrogen and oxygen atoms in total. The van der Waals surface area contributed by atoms with Crippen LogP contribution in [0.25, 0.3) is 0 Å². The maximum atomic E-state index is 4.46. The second-order valence-electron chi connectivity index (χ2n) is 5.17. The third kappa shape index (κ3) is 4.34. The van der Waals surface area contributed by atoms with Crippen molar-refractivity contribution in [1.29, 1.82) is 0 Å². The molecule has 1 aromatic heterocycles. The Labute approximate surface area is 115 Å². The summed E-state index contributed by atoms with van der Waals surface area (Å²) in [6.07, 6.45) is 5.60. The summed E-state index contributed by atoms with van der Waals surface area (Å²) >= 11 is 1.82. The number of nitrogens with one attached hydrogen (secondary N) is 1. The second-order valence-corrected chi connectivity index (χ2v) is 6.46. The minimum absolute atomic E-state index is 0.977. The van der Waals surface area contributed by atoms with Crippen LogP contribution in [0, 0.1) is 13.8 Å². The molecule has 1 fully saturated rings. The number of aryl methyl sites for hydroxylation is 2. The van der Waals surface area contributed by atoms with Gasteiger partial charge in [-0.2, -0.15) is 0 Å². The largest absolute Gasteiger partial charge is 0.311 e. The Balaban J connectivity index is 1.64. The van der Waals surface area contributed by atoms with Gasteiger partial charge in [0.1, 0.15) is 0 Å². The van der Waals surface area contributed by atoms with Gasteiger partial charge in [0.2, 0.25) is 0 Å². The van der Waals surface area contributed by atoms with Crippen molar-refractivity contribution in [3.8, 4) is 0 Å². The highest BCUT2D eigenvalue weighted by molar-refractivity contribution is 7.11. The van der Waals surface area contributed by atoms with Gasteiger partial charge in [0.05, 0.1) is 10.7 Å². The van der Waals surface area contributed by atoms with Crippen molar-refractivity contribution in [2.45, 2.75) is 46.1 Å². The van der Waals surface area contributed by atoms with Crippen LogP contribution in [-0.2, 0) is 6.54 Å². The van der Waals surface area contributed by atoms with E-state index in [4.69, 9.17) is 0 Å². The number of nitrogens with zero attached hydrogens (tertiary/aromatic N) is 2. The summed E-state index contributed by atoms with van der Waals surface area (Å²) in [5.74, 6) is 0. The quantitative estimate of drug-likeness (QED) is 0.832. The van der Waals surface area contributed by atoms with Gasteiger partial charge in [0.15, 0.2) is 0 Å². The Bertz CT molecular complexity index is 354. The van der Waals surface area contributed by atoms with Crippen LogP contribution in [0.2, 0.25) is 0 Å². The standard InChI is InChI=1S/C14H25N3S/c1-12-14(18-13(2)16-12)11-15-7-10-17-8-5-3-4-6-9-17/h15H,3-11H2,1-2H3. The minimum atomic E-state index is 0.977. The first kappa shape index (κ1) is 14.0. The van der Waals surface area contributed by atoms with Crippen LogP contribution in [-0.4, -0.2) is 36.1 Å². The molecule has 2 heterocycles. The molecule has 0 radical (unpaired) electrons. The van der Waals surface area contributed by atoms with Crippen molar-refractivity contribution in [3.63, 3.8) is 0 Å². The van der Waals surface area contributed by atoms with Gasteiger partial charge in [-0.15, -0.1) is 11.3 Å². The third-order valence-corrected chi connectivity index (χ3v) is 4.66. The van der Waals surface area contributed by atoms with E-state index in [1.54, 1.807) is 0 Å². The van der Waals surface area contributed by atoms with Crippen LogP contribution in [0.1, 0.15) is 41.3 Å². The molecule has 0 bridgehead atoms. The van der Waals surface area contributed by atoms with E-state index in [2.05, 4.69) is 29.0 Å². The number of thiazole rings is 1. The fraction of sp³-hybridized carbons (Fsp3) is 0.786. The first-order valence-electron chi connectivity index (χ1n) is 7.11. The molecular weight excluding hydrogens is 242 g/mol. The van der Waals surface area contributed by atoms with E-state index in [0.29, 0.717) is 0 Å². The second kappa shape index (κ2) is 7.22. The van der Waals surface area contributed by atoms with Crippen molar-refractivity contribution >= 4 is 11.3 Å². The van der Waals surface area contributed by atoms with Crippen molar-refractivity contribution < 1.29 is 0 Å². The molecule has 1 aliphatic heterocycles. The Morgan fingerprint density at radius 2 is 1.89 bits per heavy atom. The molecule has 0 aliphatic carbocycles. The lowest BCUT2D eigenvalue weighted by molar-refractivity contribution is 0.284. The Morgan fingerprint density at radius 3 is 2.50 bits per heavy atom. The Hall–Kier alpha value is -0.450. The SMILES string of the molecule is Cc1nc(C)c(CNCCN2CCCCCC2)s1. The van der Waals surface area contributed by atoms with Gasteiger partial charge in [0.25, 0.3) is 0 Å². The van der Waals surface area contributed by atoms with Crippen molar-refractivity contribution in [3.05, 3.63) is 15.6 Å². The zero-order valence-electron chi connectivity index (χ0n) is 11.7. The van der Waals surface area contributed by atoms with Crippen LogP contribution in [0.4, 0.5) is 0 Å². The monoisotopic (exact) mass is 267 g/mol. The lowest BCUT2D eigenvalue weighted by Gasteiger charge is -2.19. The summed E-state index contributed by atoms with van der Waals surface area (Å²) in [6, 6.07) is 0. The zero-order valence-corrected chi connectivity index (χ0v) is 12.5. The zero-order chi connectivity index (χ0) is 12.8. The normalized spacial score (nSPS) is 17.9. The van der Waals surface area contributed by atoms with Crippen LogP contribution >= 0.6 is 11.3 Å². The summed E-state index contributed by atoms with van der Waals surface area (Å²) in [5, 5.41) is 4.73. The highest BCUT2D eigenvalue weighted by Crippen LogP contribution is 2.16. The molecule has 0 atom stereocenters. The van der Waals surface area contributed by atoms with Gasteiger partial charge in [-0.3, -0.25) is 0 Å². The number of rotatable bonds is 5. The predicted octanol–water partition coefficient (Wildman–Crippen LogP) is 2.73.